The summed E-state index contributed by atoms with van der Waals surface area (Å²) in [4.78, 5) is 11.0. The molecule has 1 aromatic carbocycles. The lowest BCUT2D eigenvalue weighted by atomic mass is 10.2. The Labute approximate surface area is 102 Å². The minimum absolute atomic E-state index is 0.0178. The molecule has 0 bridgehead atoms. The maximum atomic E-state index is 10.7. The van der Waals surface area contributed by atoms with E-state index in [1.54, 1.807) is 25.3 Å². The van der Waals surface area contributed by atoms with Crippen LogP contribution in [0.2, 0.25) is 0 Å². The van der Waals surface area contributed by atoms with Crippen molar-refractivity contribution in [3.8, 4) is 16.2 Å². The van der Waals surface area contributed by atoms with Gasteiger partial charge in [0.25, 0.3) is 0 Å². The summed E-state index contributed by atoms with van der Waals surface area (Å²) in [5.41, 5.74) is 6.66. The Morgan fingerprint density at radius 2 is 2.00 bits per heavy atom. The van der Waals surface area contributed by atoms with Crippen LogP contribution >= 0.6 is 11.3 Å². The first kappa shape index (κ1) is 11.4. The number of nitro groups is 1. The molecule has 0 fully saturated rings. The van der Waals surface area contributed by atoms with E-state index in [4.69, 9.17) is 10.5 Å². The third kappa shape index (κ3) is 2.21. The molecule has 0 atom stereocenters. The van der Waals surface area contributed by atoms with E-state index >= 15 is 0 Å². The number of nitrogens with two attached hydrogens (primary N) is 1. The monoisotopic (exact) mass is 250 g/mol. The van der Waals surface area contributed by atoms with Crippen LogP contribution in [-0.4, -0.2) is 12.0 Å². The lowest BCUT2D eigenvalue weighted by Crippen LogP contribution is -1.89. The standard InChI is InChI=1S/C11H10N2O3S/c1-16-8-4-2-7(3-5-8)10-6-9(12)11(17-10)13(14)15/h2-6H,12H2,1H3. The van der Waals surface area contributed by atoms with E-state index in [0.717, 1.165) is 27.5 Å². The fourth-order valence-corrected chi connectivity index (χ4v) is 2.34. The predicted molar refractivity (Wildman–Crippen MR) is 67.4 cm³/mol. The van der Waals surface area contributed by atoms with Crippen LogP contribution in [0.3, 0.4) is 0 Å². The van der Waals surface area contributed by atoms with Crippen LogP contribution in [0.5, 0.6) is 5.75 Å². The van der Waals surface area contributed by atoms with Gasteiger partial charge in [0.05, 0.1) is 12.0 Å². The quantitative estimate of drug-likeness (QED) is 0.671. The molecule has 0 unspecified atom stereocenters. The first-order valence-corrected chi connectivity index (χ1v) is 5.61. The Kier molecular flexibility index (Phi) is 2.97. The number of hydrogen-bond donors (Lipinski definition) is 1. The van der Waals surface area contributed by atoms with Gasteiger partial charge < -0.3 is 10.5 Å². The second-order valence-corrected chi connectivity index (χ2v) is 4.39. The zero-order chi connectivity index (χ0) is 12.4. The molecule has 2 aromatic rings. The van der Waals surface area contributed by atoms with Gasteiger partial charge in [-0.05, 0) is 35.9 Å². The molecular weight excluding hydrogens is 240 g/mol. The number of nitrogens with zero attached hydrogens (tertiary/aromatic N) is 1. The van der Waals surface area contributed by atoms with Crippen molar-refractivity contribution >= 4 is 22.0 Å². The van der Waals surface area contributed by atoms with E-state index in [-0.39, 0.29) is 10.7 Å². The maximum absolute atomic E-state index is 10.7. The topological polar surface area (TPSA) is 78.4 Å². The van der Waals surface area contributed by atoms with Gasteiger partial charge in [0.15, 0.2) is 0 Å². The summed E-state index contributed by atoms with van der Waals surface area (Å²) in [5.74, 6) is 0.743. The smallest absolute Gasteiger partial charge is 0.347 e. The van der Waals surface area contributed by atoms with E-state index in [0.29, 0.717) is 0 Å². The Morgan fingerprint density at radius 1 is 1.35 bits per heavy atom. The average Bonchev–Trinajstić information content (AvgIpc) is 2.71. The molecule has 0 spiro atoms. The van der Waals surface area contributed by atoms with Crippen molar-refractivity contribution in [2.45, 2.75) is 0 Å². The highest BCUT2D eigenvalue weighted by molar-refractivity contribution is 7.19. The Hall–Kier alpha value is -2.08. The molecule has 2 rings (SSSR count). The number of ether oxygens (including phenoxy) is 1. The van der Waals surface area contributed by atoms with Crippen molar-refractivity contribution in [1.82, 2.24) is 0 Å². The fourth-order valence-electron chi connectivity index (χ4n) is 1.44. The highest BCUT2D eigenvalue weighted by Crippen LogP contribution is 2.38. The Morgan fingerprint density at radius 3 is 2.47 bits per heavy atom. The highest BCUT2D eigenvalue weighted by atomic mass is 32.1. The molecular formula is C11H10N2O3S. The van der Waals surface area contributed by atoms with Crippen molar-refractivity contribution in [2.75, 3.05) is 12.8 Å². The Bertz CT molecular complexity index is 548. The predicted octanol–water partition coefficient (Wildman–Crippen LogP) is 2.91. The summed E-state index contributed by atoms with van der Waals surface area (Å²) >= 11 is 1.07. The van der Waals surface area contributed by atoms with Crippen molar-refractivity contribution in [3.63, 3.8) is 0 Å². The minimum atomic E-state index is -0.465. The van der Waals surface area contributed by atoms with Gasteiger partial charge in [-0.3, -0.25) is 10.1 Å². The molecule has 0 aliphatic heterocycles. The van der Waals surface area contributed by atoms with Gasteiger partial charge in [-0.15, -0.1) is 0 Å². The summed E-state index contributed by atoms with van der Waals surface area (Å²) in [5, 5.41) is 10.7. The molecule has 0 amide bonds. The molecule has 2 N–H and O–H groups in total. The molecule has 1 heterocycles. The molecule has 6 heteroatoms. The van der Waals surface area contributed by atoms with Gasteiger partial charge in [0, 0.05) is 4.88 Å². The largest absolute Gasteiger partial charge is 0.497 e. The number of nitrogen functional groups attached to an aromatic ring is 1. The molecule has 0 saturated heterocycles. The average molecular weight is 250 g/mol. The van der Waals surface area contributed by atoms with Gasteiger partial charge in [0.1, 0.15) is 11.4 Å². The van der Waals surface area contributed by atoms with Gasteiger partial charge in [-0.25, -0.2) is 0 Å². The van der Waals surface area contributed by atoms with Crippen LogP contribution in [0.25, 0.3) is 10.4 Å². The lowest BCUT2D eigenvalue weighted by molar-refractivity contribution is -0.379. The zero-order valence-corrected chi connectivity index (χ0v) is 9.86. The number of thiophene rings is 1. The van der Waals surface area contributed by atoms with Crippen molar-refractivity contribution in [2.24, 2.45) is 0 Å². The van der Waals surface area contributed by atoms with Gasteiger partial charge in [0.2, 0.25) is 0 Å². The minimum Gasteiger partial charge on any atom is -0.497 e. The molecule has 17 heavy (non-hydrogen) atoms. The number of methoxy groups -OCH3 is 1. The van der Waals surface area contributed by atoms with Crippen molar-refractivity contribution < 1.29 is 9.66 Å². The Balaban J connectivity index is 2.39. The van der Waals surface area contributed by atoms with Crippen LogP contribution in [0.1, 0.15) is 0 Å². The maximum Gasteiger partial charge on any atom is 0.347 e. The van der Waals surface area contributed by atoms with Crippen LogP contribution in [0, 0.1) is 10.1 Å². The van der Waals surface area contributed by atoms with Crippen LogP contribution in [0.15, 0.2) is 30.3 Å². The second kappa shape index (κ2) is 4.42. The van der Waals surface area contributed by atoms with E-state index in [2.05, 4.69) is 0 Å². The van der Waals surface area contributed by atoms with Crippen LogP contribution < -0.4 is 10.5 Å². The molecule has 88 valence electrons. The normalized spacial score (nSPS) is 10.2. The van der Waals surface area contributed by atoms with Crippen molar-refractivity contribution in [3.05, 3.63) is 40.4 Å². The molecule has 0 aliphatic carbocycles. The first-order valence-electron chi connectivity index (χ1n) is 4.80. The zero-order valence-electron chi connectivity index (χ0n) is 9.04. The first-order chi connectivity index (χ1) is 8.11. The molecule has 5 nitrogen and oxygen atoms in total. The summed E-state index contributed by atoms with van der Waals surface area (Å²) in [6.45, 7) is 0. The highest BCUT2D eigenvalue weighted by Gasteiger charge is 2.17. The summed E-state index contributed by atoms with van der Waals surface area (Å²) in [6.07, 6.45) is 0. The molecule has 0 saturated carbocycles. The molecule has 0 aliphatic rings. The number of hydrogen-bond acceptors (Lipinski definition) is 5. The summed E-state index contributed by atoms with van der Waals surface area (Å²) in [6, 6.07) is 8.90. The van der Waals surface area contributed by atoms with E-state index in [1.807, 2.05) is 12.1 Å². The molecule has 0 radical (unpaired) electrons. The van der Waals surface area contributed by atoms with Gasteiger partial charge in [-0.1, -0.05) is 11.3 Å². The van der Waals surface area contributed by atoms with Crippen LogP contribution in [-0.2, 0) is 0 Å². The fraction of sp³-hybridized carbons (Fsp3) is 0.0909. The SMILES string of the molecule is COc1ccc(-c2cc(N)c([N+](=O)[O-])s2)cc1. The second-order valence-electron chi connectivity index (χ2n) is 3.36. The van der Waals surface area contributed by atoms with E-state index in [9.17, 15) is 10.1 Å². The van der Waals surface area contributed by atoms with Gasteiger partial charge in [-0.2, -0.15) is 0 Å². The number of anilines is 1. The summed E-state index contributed by atoms with van der Waals surface area (Å²) < 4.78 is 5.04. The third-order valence-electron chi connectivity index (χ3n) is 2.28. The van der Waals surface area contributed by atoms with Crippen molar-refractivity contribution in [1.29, 1.82) is 0 Å². The number of benzene rings is 1. The third-order valence-corrected chi connectivity index (χ3v) is 3.43. The lowest BCUT2D eigenvalue weighted by Gasteiger charge is -2.00. The van der Waals surface area contributed by atoms with E-state index in [1.165, 1.54) is 0 Å². The summed E-state index contributed by atoms with van der Waals surface area (Å²) in [7, 11) is 1.59. The van der Waals surface area contributed by atoms with Crippen LogP contribution in [0.4, 0.5) is 10.7 Å². The molecule has 1 aromatic heterocycles. The van der Waals surface area contributed by atoms with E-state index < -0.39 is 4.92 Å². The number of rotatable bonds is 3. The van der Waals surface area contributed by atoms with Gasteiger partial charge >= 0.3 is 5.00 Å².